The van der Waals surface area contributed by atoms with Gasteiger partial charge in [-0.3, -0.25) is 18.6 Å². The van der Waals surface area contributed by atoms with Gasteiger partial charge in [0, 0.05) is 19.4 Å². The van der Waals surface area contributed by atoms with E-state index in [2.05, 4.69) is 79.9 Å². The second kappa shape index (κ2) is 47.2. The highest BCUT2D eigenvalue weighted by Gasteiger charge is 2.23. The third-order valence-electron chi connectivity index (χ3n) is 10.4. The lowest BCUT2D eigenvalue weighted by Crippen LogP contribution is -2.27. The Morgan fingerprint density at radius 1 is 0.508 bits per heavy atom. The standard InChI is InChI=1S/C51H92NO8P/c1-3-5-7-9-11-13-15-17-19-21-23-24-26-28-30-32-34-36-38-40-42-44-51(55)58-47-49(53)48-60-61(56,57)59-46-45-52-50(54)43-41-39-37-35-33-31-29-27-25-22-20-18-16-14-12-10-8-6-4-2/h11-14,17-20,23-24,49,53H,3-10,15-16,21-22,25-48H2,1-2H3,(H,52,54)(H,56,57)/b13-11-,14-12-,19-17-,20-18-,24-23-. The summed E-state index contributed by atoms with van der Waals surface area (Å²) in [6.07, 6.45) is 57.2. The van der Waals surface area contributed by atoms with Gasteiger partial charge in [-0.05, 0) is 83.5 Å². The number of aliphatic hydroxyl groups is 1. The van der Waals surface area contributed by atoms with Crippen molar-refractivity contribution in [3.63, 3.8) is 0 Å². The molecular formula is C51H92NO8P. The van der Waals surface area contributed by atoms with Gasteiger partial charge in [0.15, 0.2) is 0 Å². The highest BCUT2D eigenvalue weighted by atomic mass is 31.2. The van der Waals surface area contributed by atoms with Crippen LogP contribution in [0.25, 0.3) is 0 Å². The molecule has 3 N–H and O–H groups in total. The molecule has 0 heterocycles. The first kappa shape index (κ1) is 58.7. The molecule has 1 amide bonds. The Morgan fingerprint density at radius 2 is 0.885 bits per heavy atom. The SMILES string of the molecule is CCCCC/C=C\C/C=C\C/C=C\CCCCCCCCCCC(=O)OCC(O)COP(=O)(O)OCCNC(=O)CCCCCCCCCCC/C=C\C/C=C\CCCCC. The molecule has 2 unspecified atom stereocenters. The Kier molecular flexibility index (Phi) is 45.4. The van der Waals surface area contributed by atoms with Gasteiger partial charge >= 0.3 is 13.8 Å². The van der Waals surface area contributed by atoms with Crippen molar-refractivity contribution in [3.8, 4) is 0 Å². The molecule has 354 valence electrons. The van der Waals surface area contributed by atoms with Crippen molar-refractivity contribution in [2.75, 3.05) is 26.4 Å². The zero-order valence-electron chi connectivity index (χ0n) is 39.1. The predicted octanol–water partition coefficient (Wildman–Crippen LogP) is 14.4. The quantitative estimate of drug-likeness (QED) is 0.0238. The smallest absolute Gasteiger partial charge is 0.463 e. The molecule has 9 nitrogen and oxygen atoms in total. The fourth-order valence-corrected chi connectivity index (χ4v) is 7.41. The Morgan fingerprint density at radius 3 is 1.33 bits per heavy atom. The van der Waals surface area contributed by atoms with Crippen molar-refractivity contribution < 1.29 is 37.9 Å². The number of hydrogen-bond donors (Lipinski definition) is 3. The summed E-state index contributed by atoms with van der Waals surface area (Å²) in [5, 5.41) is 12.7. The molecule has 0 radical (unpaired) electrons. The second-order valence-electron chi connectivity index (χ2n) is 16.4. The minimum absolute atomic E-state index is 0.0766. The van der Waals surface area contributed by atoms with E-state index in [4.69, 9.17) is 13.8 Å². The van der Waals surface area contributed by atoms with E-state index < -0.39 is 26.5 Å². The van der Waals surface area contributed by atoms with Crippen molar-refractivity contribution in [2.45, 2.75) is 225 Å². The summed E-state index contributed by atoms with van der Waals surface area (Å²) < 4.78 is 27.0. The molecule has 61 heavy (non-hydrogen) atoms. The van der Waals surface area contributed by atoms with Crippen LogP contribution in [0.1, 0.15) is 219 Å². The summed E-state index contributed by atoms with van der Waals surface area (Å²) in [6, 6.07) is 0. The summed E-state index contributed by atoms with van der Waals surface area (Å²) in [5.41, 5.74) is 0. The van der Waals surface area contributed by atoms with Crippen LogP contribution in [0.3, 0.4) is 0 Å². The topological polar surface area (TPSA) is 131 Å². The molecule has 0 aromatic rings. The van der Waals surface area contributed by atoms with Crippen LogP contribution < -0.4 is 5.32 Å². The number of aliphatic hydroxyl groups excluding tert-OH is 1. The normalized spacial score (nSPS) is 13.7. The highest BCUT2D eigenvalue weighted by molar-refractivity contribution is 7.47. The summed E-state index contributed by atoms with van der Waals surface area (Å²) in [7, 11) is -4.43. The maximum absolute atomic E-state index is 12.1. The molecule has 0 bridgehead atoms. The first-order valence-corrected chi connectivity index (χ1v) is 26.3. The number of carbonyl (C=O) groups is 2. The van der Waals surface area contributed by atoms with Crippen LogP contribution >= 0.6 is 7.82 Å². The van der Waals surface area contributed by atoms with Gasteiger partial charge in [-0.25, -0.2) is 4.57 Å². The number of carbonyl (C=O) groups excluding carboxylic acids is 2. The molecule has 0 aliphatic heterocycles. The number of hydrogen-bond acceptors (Lipinski definition) is 7. The Balaban J connectivity index is 3.59. The van der Waals surface area contributed by atoms with E-state index in [0.717, 1.165) is 70.6 Å². The van der Waals surface area contributed by atoms with E-state index in [0.29, 0.717) is 6.42 Å². The van der Waals surface area contributed by atoms with Crippen LogP contribution in [0.5, 0.6) is 0 Å². The van der Waals surface area contributed by atoms with E-state index in [-0.39, 0.29) is 32.1 Å². The highest BCUT2D eigenvalue weighted by Crippen LogP contribution is 2.42. The molecule has 0 fully saturated rings. The first-order chi connectivity index (χ1) is 29.8. The number of unbranched alkanes of at least 4 members (excludes halogenated alkanes) is 23. The number of phosphoric ester groups is 1. The molecule has 0 rings (SSSR count). The van der Waals surface area contributed by atoms with E-state index in [1.807, 2.05) is 0 Å². The van der Waals surface area contributed by atoms with E-state index in [1.54, 1.807) is 0 Å². The lowest BCUT2D eigenvalue weighted by atomic mass is 10.1. The van der Waals surface area contributed by atoms with E-state index in [9.17, 15) is 24.2 Å². The van der Waals surface area contributed by atoms with Crippen molar-refractivity contribution in [1.29, 1.82) is 0 Å². The van der Waals surface area contributed by atoms with Gasteiger partial charge in [-0.2, -0.15) is 0 Å². The Bertz CT molecular complexity index is 1180. The molecule has 0 aliphatic rings. The summed E-state index contributed by atoms with van der Waals surface area (Å²) >= 11 is 0. The van der Waals surface area contributed by atoms with Gasteiger partial charge in [-0.15, -0.1) is 0 Å². The Labute approximate surface area is 374 Å². The minimum atomic E-state index is -4.43. The monoisotopic (exact) mass is 878 g/mol. The minimum Gasteiger partial charge on any atom is -0.463 e. The molecule has 0 aromatic heterocycles. The summed E-state index contributed by atoms with van der Waals surface area (Å²) in [4.78, 5) is 34.0. The van der Waals surface area contributed by atoms with Crippen molar-refractivity contribution in [3.05, 3.63) is 60.8 Å². The zero-order chi connectivity index (χ0) is 44.6. The third kappa shape index (κ3) is 48.6. The number of phosphoric acid groups is 1. The number of allylic oxidation sites excluding steroid dienone is 10. The number of amides is 1. The molecule has 2 atom stereocenters. The number of esters is 1. The lowest BCUT2D eigenvalue weighted by molar-refractivity contribution is -0.147. The van der Waals surface area contributed by atoms with Crippen molar-refractivity contribution >= 4 is 19.7 Å². The fourth-order valence-electron chi connectivity index (χ4n) is 6.65. The average Bonchev–Trinajstić information content (AvgIpc) is 3.25. The fraction of sp³-hybridized carbons (Fsp3) is 0.765. The van der Waals surface area contributed by atoms with Gasteiger partial charge < -0.3 is 20.1 Å². The van der Waals surface area contributed by atoms with Gasteiger partial charge in [0.1, 0.15) is 12.7 Å². The van der Waals surface area contributed by atoms with Crippen LogP contribution in [-0.4, -0.2) is 54.3 Å². The van der Waals surface area contributed by atoms with Gasteiger partial charge in [0.05, 0.1) is 13.2 Å². The van der Waals surface area contributed by atoms with Crippen LogP contribution in [0, 0.1) is 0 Å². The lowest BCUT2D eigenvalue weighted by Gasteiger charge is -2.15. The van der Waals surface area contributed by atoms with Gasteiger partial charge in [0.2, 0.25) is 5.91 Å². The van der Waals surface area contributed by atoms with Crippen LogP contribution in [-0.2, 0) is 27.9 Å². The van der Waals surface area contributed by atoms with Crippen LogP contribution in [0.2, 0.25) is 0 Å². The summed E-state index contributed by atoms with van der Waals surface area (Å²) in [6.45, 7) is 3.50. The maximum atomic E-state index is 12.1. The second-order valence-corrected chi connectivity index (χ2v) is 17.9. The largest absolute Gasteiger partial charge is 0.472 e. The molecular weight excluding hydrogens is 786 g/mol. The Hall–Kier alpha value is -2.29. The van der Waals surface area contributed by atoms with Crippen LogP contribution in [0.4, 0.5) is 0 Å². The average molecular weight is 878 g/mol. The molecule has 10 heteroatoms. The van der Waals surface area contributed by atoms with Crippen molar-refractivity contribution in [1.82, 2.24) is 5.32 Å². The van der Waals surface area contributed by atoms with Gasteiger partial charge in [0.25, 0.3) is 0 Å². The van der Waals surface area contributed by atoms with E-state index in [1.165, 1.54) is 122 Å². The third-order valence-corrected chi connectivity index (χ3v) is 11.4. The zero-order valence-corrected chi connectivity index (χ0v) is 40.0. The summed E-state index contributed by atoms with van der Waals surface area (Å²) in [5.74, 6) is -0.527. The van der Waals surface area contributed by atoms with Crippen LogP contribution in [0.15, 0.2) is 60.8 Å². The molecule has 0 saturated heterocycles. The molecule has 0 saturated carbocycles. The number of ether oxygens (including phenoxy) is 1. The first-order valence-electron chi connectivity index (χ1n) is 24.8. The van der Waals surface area contributed by atoms with Gasteiger partial charge in [-0.1, -0.05) is 184 Å². The maximum Gasteiger partial charge on any atom is 0.472 e. The van der Waals surface area contributed by atoms with Crippen molar-refractivity contribution in [2.24, 2.45) is 0 Å². The molecule has 0 aliphatic carbocycles. The number of rotatable bonds is 46. The molecule has 0 aromatic carbocycles. The molecule has 0 spiro atoms. The number of nitrogens with one attached hydrogen (secondary N) is 1. The predicted molar refractivity (Wildman–Crippen MR) is 256 cm³/mol. The van der Waals surface area contributed by atoms with E-state index >= 15 is 0 Å².